The molecule has 1 amide bonds. The van der Waals surface area contributed by atoms with Crippen molar-refractivity contribution in [3.63, 3.8) is 0 Å². The number of nitrogens with zero attached hydrogens (tertiary/aromatic N) is 1. The lowest BCUT2D eigenvalue weighted by molar-refractivity contribution is -0.148. The summed E-state index contributed by atoms with van der Waals surface area (Å²) in [6.45, 7) is 0.456. The lowest BCUT2D eigenvalue weighted by Gasteiger charge is -2.43. The largest absolute Gasteiger partial charge is 0.481 e. The number of hydrogen-bond acceptors (Lipinski definition) is 3. The summed E-state index contributed by atoms with van der Waals surface area (Å²) in [7, 11) is 0. The van der Waals surface area contributed by atoms with Gasteiger partial charge < -0.3 is 15.3 Å². The standard InChI is InChI=1S/C16H17BrN2O3/c17-10-1-2-11-12(7-10)18-9-19(13(11)20)16-5-3-15(8-16,4-6-16)14(21)22/h1-2,7,18H,3-6,8-9H2,(H,21,22). The minimum Gasteiger partial charge on any atom is -0.481 e. The molecule has 0 radical (unpaired) electrons. The van der Waals surface area contributed by atoms with Crippen LogP contribution >= 0.6 is 15.9 Å². The van der Waals surface area contributed by atoms with Crippen LogP contribution in [-0.4, -0.2) is 34.1 Å². The van der Waals surface area contributed by atoms with Gasteiger partial charge in [0.15, 0.2) is 0 Å². The first-order valence-corrected chi connectivity index (χ1v) is 8.34. The Hall–Kier alpha value is -1.56. The molecule has 0 aromatic heterocycles. The van der Waals surface area contributed by atoms with E-state index in [1.807, 2.05) is 23.1 Å². The van der Waals surface area contributed by atoms with Gasteiger partial charge in [-0.05, 0) is 50.3 Å². The molecular weight excluding hydrogens is 348 g/mol. The van der Waals surface area contributed by atoms with Gasteiger partial charge in [0.05, 0.1) is 17.6 Å². The van der Waals surface area contributed by atoms with Gasteiger partial charge >= 0.3 is 5.97 Å². The highest BCUT2D eigenvalue weighted by molar-refractivity contribution is 9.10. The molecule has 2 aliphatic carbocycles. The van der Waals surface area contributed by atoms with Gasteiger partial charge in [0.1, 0.15) is 0 Å². The Labute approximate surface area is 136 Å². The number of halogens is 1. The third-order valence-corrected chi connectivity index (χ3v) is 6.21. The van der Waals surface area contributed by atoms with Crippen LogP contribution in [0.25, 0.3) is 0 Å². The summed E-state index contributed by atoms with van der Waals surface area (Å²) >= 11 is 3.42. The summed E-state index contributed by atoms with van der Waals surface area (Å²) in [5.74, 6) is -0.682. The van der Waals surface area contributed by atoms with E-state index >= 15 is 0 Å². The highest BCUT2D eigenvalue weighted by Crippen LogP contribution is 2.59. The molecule has 0 atom stereocenters. The minimum atomic E-state index is -0.700. The van der Waals surface area contributed by atoms with Crippen molar-refractivity contribution >= 4 is 33.5 Å². The zero-order valence-corrected chi connectivity index (χ0v) is 13.6. The van der Waals surface area contributed by atoms with Crippen LogP contribution in [0.15, 0.2) is 22.7 Å². The molecule has 1 aliphatic heterocycles. The molecule has 116 valence electrons. The van der Waals surface area contributed by atoms with Crippen molar-refractivity contribution in [2.45, 2.75) is 37.6 Å². The van der Waals surface area contributed by atoms with Crippen molar-refractivity contribution in [3.05, 3.63) is 28.2 Å². The topological polar surface area (TPSA) is 69.6 Å². The van der Waals surface area contributed by atoms with Crippen LogP contribution in [0.4, 0.5) is 5.69 Å². The van der Waals surface area contributed by atoms with Crippen LogP contribution in [0.2, 0.25) is 0 Å². The molecule has 0 saturated heterocycles. The number of carboxylic acids is 1. The van der Waals surface area contributed by atoms with Gasteiger partial charge in [0.2, 0.25) is 0 Å². The van der Waals surface area contributed by atoms with E-state index in [0.717, 1.165) is 23.0 Å². The first-order valence-electron chi connectivity index (χ1n) is 7.55. The van der Waals surface area contributed by atoms with Crippen molar-refractivity contribution in [1.29, 1.82) is 0 Å². The number of hydrogen-bond donors (Lipinski definition) is 2. The molecule has 2 fully saturated rings. The van der Waals surface area contributed by atoms with Crippen molar-refractivity contribution in [3.8, 4) is 0 Å². The van der Waals surface area contributed by atoms with E-state index < -0.39 is 11.4 Å². The van der Waals surface area contributed by atoms with E-state index in [4.69, 9.17) is 0 Å². The number of amides is 1. The zero-order chi connectivity index (χ0) is 15.5. The summed E-state index contributed by atoms with van der Waals surface area (Å²) in [5, 5.41) is 12.8. The summed E-state index contributed by atoms with van der Waals surface area (Å²) in [5.41, 5.74) is 0.615. The van der Waals surface area contributed by atoms with Gasteiger partial charge in [-0.2, -0.15) is 0 Å². The van der Waals surface area contributed by atoms with Crippen LogP contribution in [0.3, 0.4) is 0 Å². The number of aliphatic carboxylic acids is 1. The molecule has 1 aromatic rings. The monoisotopic (exact) mass is 364 g/mol. The van der Waals surface area contributed by atoms with Gasteiger partial charge in [-0.25, -0.2) is 0 Å². The van der Waals surface area contributed by atoms with Gasteiger partial charge in [-0.15, -0.1) is 0 Å². The van der Waals surface area contributed by atoms with Crippen molar-refractivity contribution < 1.29 is 14.7 Å². The maximum absolute atomic E-state index is 12.9. The lowest BCUT2D eigenvalue weighted by atomic mass is 9.84. The SMILES string of the molecule is O=C1c2ccc(Br)cc2NCN1C12CCC(C(=O)O)(CC1)C2. The molecule has 0 spiro atoms. The Kier molecular flexibility index (Phi) is 2.86. The minimum absolute atomic E-state index is 0.0179. The van der Waals surface area contributed by atoms with E-state index in [1.165, 1.54) is 0 Å². The molecule has 22 heavy (non-hydrogen) atoms. The second kappa shape index (κ2) is 4.47. The summed E-state index contributed by atoms with van der Waals surface area (Å²) in [6.07, 6.45) is 3.53. The fourth-order valence-corrected chi connectivity index (χ4v) is 4.81. The fourth-order valence-electron chi connectivity index (χ4n) is 4.45. The Bertz CT molecular complexity index is 680. The fraction of sp³-hybridized carbons (Fsp3) is 0.500. The van der Waals surface area contributed by atoms with Crippen LogP contribution in [0.1, 0.15) is 42.5 Å². The highest BCUT2D eigenvalue weighted by Gasteiger charge is 2.61. The Balaban J connectivity index is 1.67. The number of carboxylic acid groups (broad SMARTS) is 1. The number of carbonyl (C=O) groups excluding carboxylic acids is 1. The normalized spacial score (nSPS) is 32.8. The maximum atomic E-state index is 12.9. The quantitative estimate of drug-likeness (QED) is 0.845. The molecule has 3 aliphatic rings. The number of carbonyl (C=O) groups is 2. The Morgan fingerprint density at radius 2 is 2.00 bits per heavy atom. The highest BCUT2D eigenvalue weighted by atomic mass is 79.9. The lowest BCUT2D eigenvalue weighted by Crippen LogP contribution is -2.53. The van der Waals surface area contributed by atoms with Gasteiger partial charge in [-0.3, -0.25) is 9.59 Å². The van der Waals surface area contributed by atoms with Crippen LogP contribution < -0.4 is 5.32 Å². The third kappa shape index (κ3) is 1.76. The third-order valence-electron chi connectivity index (χ3n) is 5.72. The molecule has 2 bridgehead atoms. The molecule has 2 saturated carbocycles. The Morgan fingerprint density at radius 3 is 2.64 bits per heavy atom. The van der Waals surface area contributed by atoms with Gasteiger partial charge in [0.25, 0.3) is 5.91 Å². The average Bonchev–Trinajstić information content (AvgIpc) is 3.06. The van der Waals surface area contributed by atoms with Crippen LogP contribution in [0.5, 0.6) is 0 Å². The van der Waals surface area contributed by atoms with E-state index in [1.54, 1.807) is 0 Å². The van der Waals surface area contributed by atoms with Gasteiger partial charge in [0, 0.05) is 15.7 Å². The first kappa shape index (κ1) is 14.1. The predicted octanol–water partition coefficient (Wildman–Crippen LogP) is 3.06. The van der Waals surface area contributed by atoms with E-state index in [9.17, 15) is 14.7 Å². The number of rotatable bonds is 2. The van der Waals surface area contributed by atoms with Crippen molar-refractivity contribution in [1.82, 2.24) is 4.90 Å². The zero-order valence-electron chi connectivity index (χ0n) is 12.1. The molecule has 6 heteroatoms. The second-order valence-corrected chi connectivity index (χ2v) is 7.66. The number of fused-ring (bicyclic) bond motifs is 3. The summed E-state index contributed by atoms with van der Waals surface area (Å²) < 4.78 is 0.935. The molecule has 1 heterocycles. The smallest absolute Gasteiger partial charge is 0.309 e. The second-order valence-electron chi connectivity index (χ2n) is 6.74. The van der Waals surface area contributed by atoms with E-state index in [-0.39, 0.29) is 11.4 Å². The van der Waals surface area contributed by atoms with Crippen molar-refractivity contribution in [2.24, 2.45) is 5.41 Å². The molecule has 1 aromatic carbocycles. The molecule has 2 N–H and O–H groups in total. The van der Waals surface area contributed by atoms with Crippen LogP contribution in [0, 0.1) is 5.41 Å². The van der Waals surface area contributed by atoms with E-state index in [2.05, 4.69) is 21.2 Å². The predicted molar refractivity (Wildman–Crippen MR) is 84.7 cm³/mol. The van der Waals surface area contributed by atoms with E-state index in [0.29, 0.717) is 31.5 Å². The number of nitrogens with one attached hydrogen (secondary N) is 1. The maximum Gasteiger partial charge on any atom is 0.309 e. The number of benzene rings is 1. The Morgan fingerprint density at radius 1 is 1.27 bits per heavy atom. The molecule has 0 unspecified atom stereocenters. The average molecular weight is 365 g/mol. The summed E-state index contributed by atoms with van der Waals surface area (Å²) in [6, 6.07) is 5.60. The molecule has 4 rings (SSSR count). The number of anilines is 1. The molecule has 5 nitrogen and oxygen atoms in total. The molecular formula is C16H17BrN2O3. The summed E-state index contributed by atoms with van der Waals surface area (Å²) in [4.78, 5) is 26.4. The first-order chi connectivity index (χ1) is 10.5. The van der Waals surface area contributed by atoms with Crippen molar-refractivity contribution in [2.75, 3.05) is 12.0 Å². The van der Waals surface area contributed by atoms with Crippen LogP contribution in [-0.2, 0) is 4.79 Å². The van der Waals surface area contributed by atoms with Gasteiger partial charge in [-0.1, -0.05) is 15.9 Å².